The van der Waals surface area contributed by atoms with Crippen LogP contribution in [0, 0.1) is 5.82 Å². The number of nitrogens with zero attached hydrogens (tertiary/aromatic N) is 1. The van der Waals surface area contributed by atoms with Gasteiger partial charge in [-0.15, -0.1) is 0 Å². The first-order chi connectivity index (χ1) is 12.9. The molecule has 0 radical (unpaired) electrons. The molecule has 144 valence electrons. The first-order valence-electron chi connectivity index (χ1n) is 8.38. The second kappa shape index (κ2) is 9.56. The molecular weight excluding hydrogens is 353 g/mol. The summed E-state index contributed by atoms with van der Waals surface area (Å²) in [5.74, 6) is -0.533. The van der Waals surface area contributed by atoms with Crippen molar-refractivity contribution in [3.8, 4) is 11.5 Å². The molecule has 2 rings (SSSR count). The van der Waals surface area contributed by atoms with Crippen LogP contribution in [0.1, 0.15) is 17.5 Å². The maximum Gasteiger partial charge on any atom is 0.323 e. The van der Waals surface area contributed by atoms with E-state index in [0.29, 0.717) is 23.5 Å². The summed E-state index contributed by atoms with van der Waals surface area (Å²) >= 11 is 0. The van der Waals surface area contributed by atoms with Crippen LogP contribution in [-0.2, 0) is 22.6 Å². The Balaban J connectivity index is 2.09. The summed E-state index contributed by atoms with van der Waals surface area (Å²) in [7, 11) is 3.09. The number of ether oxygens (including phenoxy) is 2. The van der Waals surface area contributed by atoms with Gasteiger partial charge in [0.2, 0.25) is 5.91 Å². The second-order valence-corrected chi connectivity index (χ2v) is 5.95. The molecule has 0 saturated carbocycles. The summed E-state index contributed by atoms with van der Waals surface area (Å²) < 4.78 is 23.5. The summed E-state index contributed by atoms with van der Waals surface area (Å²) in [6.07, 6.45) is 0.483. The molecule has 0 heterocycles. The number of carboxylic acids is 1. The van der Waals surface area contributed by atoms with Crippen LogP contribution in [0.15, 0.2) is 42.5 Å². The highest BCUT2D eigenvalue weighted by Gasteiger charge is 2.18. The zero-order chi connectivity index (χ0) is 19.8. The van der Waals surface area contributed by atoms with E-state index in [4.69, 9.17) is 14.6 Å². The van der Waals surface area contributed by atoms with Gasteiger partial charge in [-0.1, -0.05) is 12.1 Å². The molecule has 0 aliphatic heterocycles. The highest BCUT2D eigenvalue weighted by atomic mass is 19.1. The van der Waals surface area contributed by atoms with Crippen molar-refractivity contribution in [2.45, 2.75) is 19.4 Å². The standard InChI is InChI=1S/C20H22FNO5/c1-26-17-8-9-18(27-2)15(11-17)5-10-19(23)22(13-20(24)25)12-14-3-6-16(21)7-4-14/h3-4,6-9,11H,5,10,12-13H2,1-2H3,(H,24,25). The minimum Gasteiger partial charge on any atom is -0.497 e. The molecule has 0 atom stereocenters. The molecule has 27 heavy (non-hydrogen) atoms. The molecule has 0 spiro atoms. The number of aryl methyl sites for hydroxylation is 1. The normalized spacial score (nSPS) is 10.3. The minimum absolute atomic E-state index is 0.0979. The molecular formula is C20H22FNO5. The maximum absolute atomic E-state index is 13.0. The van der Waals surface area contributed by atoms with Crippen LogP contribution in [-0.4, -0.2) is 42.6 Å². The third-order valence-electron chi connectivity index (χ3n) is 4.06. The lowest BCUT2D eigenvalue weighted by Gasteiger charge is -2.21. The third-order valence-corrected chi connectivity index (χ3v) is 4.06. The second-order valence-electron chi connectivity index (χ2n) is 5.95. The van der Waals surface area contributed by atoms with Gasteiger partial charge in [-0.2, -0.15) is 0 Å². The van der Waals surface area contributed by atoms with Gasteiger partial charge in [-0.3, -0.25) is 9.59 Å². The number of rotatable bonds is 9. The van der Waals surface area contributed by atoms with Crippen LogP contribution >= 0.6 is 0 Å². The molecule has 0 fully saturated rings. The van der Waals surface area contributed by atoms with Crippen LogP contribution in [0.2, 0.25) is 0 Å². The van der Waals surface area contributed by atoms with Crippen molar-refractivity contribution in [1.29, 1.82) is 0 Å². The molecule has 2 aromatic carbocycles. The summed E-state index contributed by atoms with van der Waals surface area (Å²) in [6.45, 7) is -0.327. The van der Waals surface area contributed by atoms with Crippen LogP contribution in [0.3, 0.4) is 0 Å². The number of carboxylic acid groups (broad SMARTS) is 1. The van der Waals surface area contributed by atoms with E-state index >= 15 is 0 Å². The van der Waals surface area contributed by atoms with E-state index in [1.807, 2.05) is 0 Å². The fourth-order valence-corrected chi connectivity index (χ4v) is 2.68. The van der Waals surface area contributed by atoms with Crippen LogP contribution in [0.5, 0.6) is 11.5 Å². The van der Waals surface area contributed by atoms with Crippen molar-refractivity contribution in [2.24, 2.45) is 0 Å². The van der Waals surface area contributed by atoms with Gasteiger partial charge in [0.05, 0.1) is 14.2 Å². The molecule has 7 heteroatoms. The number of aliphatic carboxylic acids is 1. The Morgan fingerprint density at radius 2 is 1.78 bits per heavy atom. The van der Waals surface area contributed by atoms with Crippen molar-refractivity contribution < 1.29 is 28.6 Å². The SMILES string of the molecule is COc1ccc(OC)c(CCC(=O)N(CC(=O)O)Cc2ccc(F)cc2)c1. The average molecular weight is 375 g/mol. The summed E-state index contributed by atoms with van der Waals surface area (Å²) in [6, 6.07) is 10.9. The van der Waals surface area contributed by atoms with E-state index in [9.17, 15) is 14.0 Å². The topological polar surface area (TPSA) is 76.1 Å². The number of hydrogen-bond acceptors (Lipinski definition) is 4. The molecule has 2 aromatic rings. The van der Waals surface area contributed by atoms with Gasteiger partial charge < -0.3 is 19.5 Å². The Hall–Kier alpha value is -3.09. The Kier molecular flexibility index (Phi) is 7.16. The lowest BCUT2D eigenvalue weighted by molar-refractivity contribution is -0.144. The highest BCUT2D eigenvalue weighted by molar-refractivity contribution is 5.81. The number of carbonyl (C=O) groups is 2. The summed E-state index contributed by atoms with van der Waals surface area (Å²) in [5, 5.41) is 9.10. The van der Waals surface area contributed by atoms with Crippen LogP contribution in [0.25, 0.3) is 0 Å². The third kappa shape index (κ3) is 5.99. The van der Waals surface area contributed by atoms with Crippen molar-refractivity contribution >= 4 is 11.9 Å². The molecule has 0 saturated heterocycles. The molecule has 0 aromatic heterocycles. The lowest BCUT2D eigenvalue weighted by atomic mass is 10.1. The van der Waals surface area contributed by atoms with Crippen molar-refractivity contribution in [3.63, 3.8) is 0 Å². The van der Waals surface area contributed by atoms with Gasteiger partial charge in [0.25, 0.3) is 0 Å². The van der Waals surface area contributed by atoms with Crippen molar-refractivity contribution in [3.05, 3.63) is 59.4 Å². The molecule has 1 amide bonds. The monoisotopic (exact) mass is 375 g/mol. The predicted molar refractivity (Wildman–Crippen MR) is 97.3 cm³/mol. The zero-order valence-corrected chi connectivity index (χ0v) is 15.3. The number of amides is 1. The number of methoxy groups -OCH3 is 2. The van der Waals surface area contributed by atoms with Gasteiger partial charge >= 0.3 is 5.97 Å². The Bertz CT molecular complexity index is 791. The molecule has 0 aliphatic rings. The molecule has 1 N–H and O–H groups in total. The maximum atomic E-state index is 13.0. The van der Waals surface area contributed by atoms with Gasteiger partial charge in [0, 0.05) is 13.0 Å². The van der Waals surface area contributed by atoms with Crippen LogP contribution < -0.4 is 9.47 Å². The van der Waals surface area contributed by atoms with Gasteiger partial charge in [0.15, 0.2) is 0 Å². The Morgan fingerprint density at radius 1 is 1.07 bits per heavy atom. The van der Waals surface area contributed by atoms with E-state index in [0.717, 1.165) is 5.56 Å². The average Bonchev–Trinajstić information content (AvgIpc) is 2.66. The van der Waals surface area contributed by atoms with E-state index in [1.54, 1.807) is 32.4 Å². The minimum atomic E-state index is -1.11. The quantitative estimate of drug-likeness (QED) is 0.729. The molecule has 6 nitrogen and oxygen atoms in total. The van der Waals surface area contributed by atoms with Crippen LogP contribution in [0.4, 0.5) is 4.39 Å². The number of carbonyl (C=O) groups excluding carboxylic acids is 1. The Morgan fingerprint density at radius 3 is 2.37 bits per heavy atom. The van der Waals surface area contributed by atoms with Gasteiger partial charge in [-0.05, 0) is 47.9 Å². The summed E-state index contributed by atoms with van der Waals surface area (Å²) in [4.78, 5) is 25.0. The van der Waals surface area contributed by atoms with E-state index < -0.39 is 12.5 Å². The fourth-order valence-electron chi connectivity index (χ4n) is 2.68. The fraction of sp³-hybridized carbons (Fsp3) is 0.300. The first-order valence-corrected chi connectivity index (χ1v) is 8.38. The lowest BCUT2D eigenvalue weighted by Crippen LogP contribution is -2.35. The van der Waals surface area contributed by atoms with Gasteiger partial charge in [-0.25, -0.2) is 4.39 Å². The van der Waals surface area contributed by atoms with E-state index in [-0.39, 0.29) is 24.7 Å². The Labute approximate surface area is 157 Å². The molecule has 0 aliphatic carbocycles. The summed E-state index contributed by atoms with van der Waals surface area (Å²) in [5.41, 5.74) is 1.45. The van der Waals surface area contributed by atoms with Crippen molar-refractivity contribution in [2.75, 3.05) is 20.8 Å². The van der Waals surface area contributed by atoms with E-state index in [2.05, 4.69) is 0 Å². The smallest absolute Gasteiger partial charge is 0.323 e. The van der Waals surface area contributed by atoms with Crippen molar-refractivity contribution in [1.82, 2.24) is 4.90 Å². The zero-order valence-electron chi connectivity index (χ0n) is 15.3. The number of benzene rings is 2. The van der Waals surface area contributed by atoms with Gasteiger partial charge in [0.1, 0.15) is 23.9 Å². The molecule has 0 unspecified atom stereocenters. The largest absolute Gasteiger partial charge is 0.497 e. The number of hydrogen-bond donors (Lipinski definition) is 1. The highest BCUT2D eigenvalue weighted by Crippen LogP contribution is 2.25. The first kappa shape index (κ1) is 20.2. The number of halogens is 1. The predicted octanol–water partition coefficient (Wildman–Crippen LogP) is 2.89. The molecule has 0 bridgehead atoms. The van der Waals surface area contributed by atoms with E-state index in [1.165, 1.54) is 29.2 Å².